The van der Waals surface area contributed by atoms with Gasteiger partial charge in [-0.25, -0.2) is 4.98 Å². The van der Waals surface area contributed by atoms with Crippen LogP contribution in [0.3, 0.4) is 0 Å². The lowest BCUT2D eigenvalue weighted by Crippen LogP contribution is -2.39. The largest absolute Gasteiger partial charge is 0.309 e. The molecule has 1 N–H and O–H groups in total. The van der Waals surface area contributed by atoms with Gasteiger partial charge in [0.2, 0.25) is 0 Å². The molecule has 0 atom stereocenters. The topological polar surface area (TPSA) is 24.9 Å². The number of rotatable bonds is 3. The maximum Gasteiger partial charge on any atom is 0.0897 e. The highest BCUT2D eigenvalue weighted by Gasteiger charge is 2.24. The van der Waals surface area contributed by atoms with E-state index in [1.807, 2.05) is 6.20 Å². The number of nitrogens with one attached hydrogen (secondary N) is 1. The van der Waals surface area contributed by atoms with E-state index in [2.05, 4.69) is 24.1 Å². The lowest BCUT2D eigenvalue weighted by atomic mass is 9.82. The van der Waals surface area contributed by atoms with Crippen molar-refractivity contribution in [2.24, 2.45) is 5.92 Å². The van der Waals surface area contributed by atoms with Gasteiger partial charge in [-0.2, -0.15) is 0 Å². The van der Waals surface area contributed by atoms with Gasteiger partial charge < -0.3 is 5.32 Å². The van der Waals surface area contributed by atoms with Gasteiger partial charge in [0.1, 0.15) is 0 Å². The molecule has 0 aromatic carbocycles. The fraction of sp³-hybridized carbons (Fsp3) is 0.700. The minimum atomic E-state index is 0.761. The first-order chi connectivity index (χ1) is 6.24. The minimum absolute atomic E-state index is 0.761. The van der Waals surface area contributed by atoms with Crippen molar-refractivity contribution in [1.29, 1.82) is 0 Å². The maximum absolute atomic E-state index is 4.23. The fourth-order valence-electron chi connectivity index (χ4n) is 1.80. The Morgan fingerprint density at radius 2 is 2.38 bits per heavy atom. The average Bonchev–Trinajstić information content (AvgIpc) is 2.43. The van der Waals surface area contributed by atoms with Crippen LogP contribution < -0.4 is 5.32 Å². The predicted octanol–water partition coefficient (Wildman–Crippen LogP) is 2.34. The molecule has 1 fully saturated rings. The quantitative estimate of drug-likeness (QED) is 0.802. The van der Waals surface area contributed by atoms with E-state index in [1.54, 1.807) is 11.3 Å². The normalized spacial score (nSPS) is 27.2. The second kappa shape index (κ2) is 3.76. The zero-order valence-electron chi connectivity index (χ0n) is 8.21. The highest BCUT2D eigenvalue weighted by molar-refractivity contribution is 7.11. The van der Waals surface area contributed by atoms with Crippen molar-refractivity contribution in [3.63, 3.8) is 0 Å². The van der Waals surface area contributed by atoms with E-state index in [9.17, 15) is 0 Å². The van der Waals surface area contributed by atoms with Gasteiger partial charge >= 0.3 is 0 Å². The zero-order chi connectivity index (χ0) is 9.26. The third-order valence-electron chi connectivity index (χ3n) is 2.61. The second-order valence-corrected chi connectivity index (χ2v) is 5.32. The number of hydrogen-bond donors (Lipinski definition) is 1. The van der Waals surface area contributed by atoms with E-state index >= 15 is 0 Å². The van der Waals surface area contributed by atoms with Gasteiger partial charge in [-0.05, 0) is 25.7 Å². The summed E-state index contributed by atoms with van der Waals surface area (Å²) in [6, 6.07) is 0.761. The molecule has 0 spiro atoms. The van der Waals surface area contributed by atoms with Crippen LogP contribution in [0.1, 0.15) is 29.7 Å². The first kappa shape index (κ1) is 9.16. The van der Waals surface area contributed by atoms with Crippen molar-refractivity contribution in [3.8, 4) is 0 Å². The highest BCUT2D eigenvalue weighted by atomic mass is 32.1. The van der Waals surface area contributed by atoms with Crippen LogP contribution in [0.2, 0.25) is 0 Å². The molecule has 1 aromatic heterocycles. The smallest absolute Gasteiger partial charge is 0.0897 e. The van der Waals surface area contributed by atoms with Crippen LogP contribution in [0.5, 0.6) is 0 Å². The van der Waals surface area contributed by atoms with E-state index in [0.717, 1.165) is 18.5 Å². The molecular formula is C10H16N2S. The Kier molecular flexibility index (Phi) is 2.65. The summed E-state index contributed by atoms with van der Waals surface area (Å²) in [7, 11) is 0. The van der Waals surface area contributed by atoms with Crippen LogP contribution in [-0.2, 0) is 6.54 Å². The van der Waals surface area contributed by atoms with Gasteiger partial charge in [0.15, 0.2) is 0 Å². The summed E-state index contributed by atoms with van der Waals surface area (Å²) >= 11 is 1.79. The van der Waals surface area contributed by atoms with Gasteiger partial charge in [-0.1, -0.05) is 6.92 Å². The first-order valence-electron chi connectivity index (χ1n) is 4.88. The minimum Gasteiger partial charge on any atom is -0.309 e. The molecule has 0 radical (unpaired) electrons. The standard InChI is InChI=1S/C10H16N2S/c1-7-3-9(4-7)12-6-10-5-11-8(2)13-10/h5,7,9,12H,3-4,6H2,1-2H3. The summed E-state index contributed by atoms with van der Waals surface area (Å²) < 4.78 is 0. The molecule has 0 unspecified atom stereocenters. The van der Waals surface area contributed by atoms with E-state index in [-0.39, 0.29) is 0 Å². The Morgan fingerprint density at radius 1 is 1.62 bits per heavy atom. The van der Waals surface area contributed by atoms with Gasteiger partial charge in [0.25, 0.3) is 0 Å². The third kappa shape index (κ3) is 2.29. The van der Waals surface area contributed by atoms with Crippen LogP contribution in [0.25, 0.3) is 0 Å². The molecule has 0 saturated heterocycles. The summed E-state index contributed by atoms with van der Waals surface area (Å²) in [5.41, 5.74) is 0. The Bertz CT molecular complexity index is 276. The molecule has 1 aliphatic rings. The second-order valence-electron chi connectivity index (χ2n) is 4.00. The molecule has 72 valence electrons. The molecule has 0 aliphatic heterocycles. The monoisotopic (exact) mass is 196 g/mol. The summed E-state index contributed by atoms with van der Waals surface area (Å²) in [6.07, 6.45) is 4.67. The van der Waals surface area contributed by atoms with Gasteiger partial charge in [0, 0.05) is 23.7 Å². The fourth-order valence-corrected chi connectivity index (χ4v) is 2.55. The summed E-state index contributed by atoms with van der Waals surface area (Å²) in [6.45, 7) is 5.37. The average molecular weight is 196 g/mol. The Morgan fingerprint density at radius 3 is 2.92 bits per heavy atom. The van der Waals surface area contributed by atoms with Crippen LogP contribution >= 0.6 is 11.3 Å². The lowest BCUT2D eigenvalue weighted by molar-refractivity contribution is 0.241. The molecule has 1 saturated carbocycles. The Balaban J connectivity index is 1.74. The SMILES string of the molecule is Cc1ncc(CNC2CC(C)C2)s1. The lowest BCUT2D eigenvalue weighted by Gasteiger charge is -2.33. The molecule has 1 heterocycles. The molecule has 0 amide bonds. The van der Waals surface area contributed by atoms with E-state index < -0.39 is 0 Å². The summed E-state index contributed by atoms with van der Waals surface area (Å²) in [5.74, 6) is 0.931. The summed E-state index contributed by atoms with van der Waals surface area (Å²) in [5, 5.41) is 4.72. The van der Waals surface area contributed by atoms with Crippen molar-refractivity contribution in [1.82, 2.24) is 10.3 Å². The number of aromatic nitrogens is 1. The molecule has 1 aromatic rings. The van der Waals surface area contributed by atoms with Gasteiger partial charge in [-0.15, -0.1) is 11.3 Å². The van der Waals surface area contributed by atoms with Crippen molar-refractivity contribution < 1.29 is 0 Å². The maximum atomic E-state index is 4.23. The van der Waals surface area contributed by atoms with Crippen molar-refractivity contribution in [2.75, 3.05) is 0 Å². The molecule has 3 heteroatoms. The Labute approximate surface area is 83.4 Å². The molecule has 2 rings (SSSR count). The van der Waals surface area contributed by atoms with Gasteiger partial charge in [-0.3, -0.25) is 0 Å². The van der Waals surface area contributed by atoms with E-state index in [1.165, 1.54) is 22.7 Å². The third-order valence-corrected chi connectivity index (χ3v) is 3.52. The van der Waals surface area contributed by atoms with Gasteiger partial charge in [0.05, 0.1) is 5.01 Å². The van der Waals surface area contributed by atoms with Crippen molar-refractivity contribution in [3.05, 3.63) is 16.1 Å². The molecule has 1 aliphatic carbocycles. The molecular weight excluding hydrogens is 180 g/mol. The van der Waals surface area contributed by atoms with Crippen LogP contribution in [0, 0.1) is 12.8 Å². The number of aryl methyl sites for hydroxylation is 1. The zero-order valence-corrected chi connectivity index (χ0v) is 9.03. The van der Waals surface area contributed by atoms with Crippen molar-refractivity contribution >= 4 is 11.3 Å². The predicted molar refractivity (Wildman–Crippen MR) is 55.9 cm³/mol. The Hall–Kier alpha value is -0.410. The van der Waals surface area contributed by atoms with Crippen LogP contribution in [-0.4, -0.2) is 11.0 Å². The number of hydrogen-bond acceptors (Lipinski definition) is 3. The van der Waals surface area contributed by atoms with Crippen LogP contribution in [0.4, 0.5) is 0 Å². The summed E-state index contributed by atoms with van der Waals surface area (Å²) in [4.78, 5) is 5.59. The molecule has 0 bridgehead atoms. The van der Waals surface area contributed by atoms with Crippen molar-refractivity contribution in [2.45, 2.75) is 39.3 Å². The van der Waals surface area contributed by atoms with E-state index in [4.69, 9.17) is 0 Å². The van der Waals surface area contributed by atoms with Crippen LogP contribution in [0.15, 0.2) is 6.20 Å². The number of nitrogens with zero attached hydrogens (tertiary/aromatic N) is 1. The van der Waals surface area contributed by atoms with E-state index in [0.29, 0.717) is 0 Å². The first-order valence-corrected chi connectivity index (χ1v) is 5.70. The number of thiazole rings is 1. The highest BCUT2D eigenvalue weighted by Crippen LogP contribution is 2.26. The molecule has 13 heavy (non-hydrogen) atoms. The molecule has 2 nitrogen and oxygen atoms in total.